The third kappa shape index (κ3) is 2.74. The summed E-state index contributed by atoms with van der Waals surface area (Å²) in [5.41, 5.74) is -0.0197. The Morgan fingerprint density at radius 1 is 1.30 bits per heavy atom. The number of nitrogens with zero attached hydrogens (tertiary/aromatic N) is 4. The van der Waals surface area contributed by atoms with Crippen molar-refractivity contribution in [3.05, 3.63) is 52.7 Å². The van der Waals surface area contributed by atoms with E-state index in [2.05, 4.69) is 9.97 Å². The summed E-state index contributed by atoms with van der Waals surface area (Å²) in [6.45, 7) is 1.25. The highest BCUT2D eigenvalue weighted by molar-refractivity contribution is 5.98. The van der Waals surface area contributed by atoms with Crippen LogP contribution >= 0.6 is 0 Å². The molecule has 0 aromatic carbocycles. The molecule has 8 heteroatoms. The fourth-order valence-electron chi connectivity index (χ4n) is 1.65. The van der Waals surface area contributed by atoms with E-state index in [0.717, 1.165) is 17.0 Å². The van der Waals surface area contributed by atoms with Crippen LogP contribution in [0.1, 0.15) is 6.92 Å². The molecule has 102 valence electrons. The Morgan fingerprint density at radius 2 is 2.00 bits per heavy atom. The first-order chi connectivity index (χ1) is 9.49. The molecule has 2 aromatic rings. The minimum absolute atomic E-state index is 0.0392. The lowest BCUT2D eigenvalue weighted by Crippen LogP contribution is -2.24. The molecule has 0 unspecified atom stereocenters. The number of carbonyl (C=O) groups excluding carboxylic acids is 1. The summed E-state index contributed by atoms with van der Waals surface area (Å²) in [6, 6.07) is 4.79. The van der Waals surface area contributed by atoms with Crippen LogP contribution < -0.4 is 4.90 Å². The fraction of sp³-hybridized carbons (Fsp3) is 0.0833. The zero-order valence-corrected chi connectivity index (χ0v) is 10.4. The van der Waals surface area contributed by atoms with Gasteiger partial charge in [-0.2, -0.15) is 4.39 Å². The third-order valence-corrected chi connectivity index (χ3v) is 2.45. The predicted octanol–water partition coefficient (Wildman–Crippen LogP) is 2.21. The standard InChI is InChI=1S/C12H9FN4O3/c1-8(18)16(9-2-4-14-11(13)6-9)12-7-10(17(19)20)3-5-15-12/h2-7H,1H3. The Morgan fingerprint density at radius 3 is 2.60 bits per heavy atom. The number of anilines is 2. The van der Waals surface area contributed by atoms with Crippen LogP contribution in [-0.2, 0) is 4.79 Å². The van der Waals surface area contributed by atoms with Crippen molar-refractivity contribution in [2.75, 3.05) is 4.90 Å². The molecule has 2 rings (SSSR count). The number of pyridine rings is 2. The molecular formula is C12H9FN4O3. The molecule has 2 heterocycles. The average Bonchev–Trinajstić information content (AvgIpc) is 2.39. The van der Waals surface area contributed by atoms with Crippen LogP contribution in [0.5, 0.6) is 0 Å². The molecule has 1 amide bonds. The van der Waals surface area contributed by atoms with Crippen molar-refractivity contribution in [1.29, 1.82) is 0 Å². The van der Waals surface area contributed by atoms with Crippen LogP contribution in [0.15, 0.2) is 36.7 Å². The van der Waals surface area contributed by atoms with Gasteiger partial charge in [0.25, 0.3) is 5.69 Å². The maximum atomic E-state index is 13.1. The number of hydrogen-bond acceptors (Lipinski definition) is 5. The molecule has 0 atom stereocenters. The van der Waals surface area contributed by atoms with Crippen molar-refractivity contribution in [3.8, 4) is 0 Å². The van der Waals surface area contributed by atoms with Crippen molar-refractivity contribution in [2.24, 2.45) is 0 Å². The van der Waals surface area contributed by atoms with Gasteiger partial charge in [0.1, 0.15) is 5.82 Å². The maximum Gasteiger partial charge on any atom is 0.274 e. The maximum absolute atomic E-state index is 13.1. The van der Waals surface area contributed by atoms with Gasteiger partial charge < -0.3 is 0 Å². The zero-order valence-electron chi connectivity index (χ0n) is 10.4. The summed E-state index contributed by atoms with van der Waals surface area (Å²) in [5.74, 6) is -1.18. The smallest absolute Gasteiger partial charge is 0.274 e. The lowest BCUT2D eigenvalue weighted by atomic mass is 10.3. The number of hydrogen-bond donors (Lipinski definition) is 0. The van der Waals surface area contributed by atoms with Crippen molar-refractivity contribution in [2.45, 2.75) is 6.92 Å². The van der Waals surface area contributed by atoms with E-state index in [1.165, 1.54) is 31.5 Å². The Kier molecular flexibility index (Phi) is 3.65. The first kappa shape index (κ1) is 13.5. The van der Waals surface area contributed by atoms with Crippen molar-refractivity contribution in [3.63, 3.8) is 0 Å². The molecule has 0 aliphatic rings. The summed E-state index contributed by atoms with van der Waals surface area (Å²) in [6.07, 6.45) is 2.40. The van der Waals surface area contributed by atoms with Gasteiger partial charge >= 0.3 is 0 Å². The van der Waals surface area contributed by atoms with E-state index in [0.29, 0.717) is 0 Å². The number of nitro groups is 1. The summed E-state index contributed by atoms with van der Waals surface area (Å²) in [7, 11) is 0. The van der Waals surface area contributed by atoms with E-state index in [4.69, 9.17) is 0 Å². The van der Waals surface area contributed by atoms with Gasteiger partial charge in [-0.25, -0.2) is 9.97 Å². The first-order valence-electron chi connectivity index (χ1n) is 5.52. The SMILES string of the molecule is CC(=O)N(c1ccnc(F)c1)c1cc([N+](=O)[O-])ccn1. The van der Waals surface area contributed by atoms with Crippen LogP contribution in [-0.4, -0.2) is 20.8 Å². The lowest BCUT2D eigenvalue weighted by Gasteiger charge is -2.19. The Bertz CT molecular complexity index is 677. The number of carbonyl (C=O) groups is 1. The molecular weight excluding hydrogens is 267 g/mol. The van der Waals surface area contributed by atoms with E-state index >= 15 is 0 Å². The van der Waals surface area contributed by atoms with Crippen LogP contribution in [0.3, 0.4) is 0 Å². The Labute approximate surface area is 112 Å². The predicted molar refractivity (Wildman–Crippen MR) is 67.9 cm³/mol. The van der Waals surface area contributed by atoms with Crippen LogP contribution in [0.2, 0.25) is 0 Å². The molecule has 0 aliphatic carbocycles. The normalized spacial score (nSPS) is 10.1. The van der Waals surface area contributed by atoms with E-state index in [1.807, 2.05) is 0 Å². The highest BCUT2D eigenvalue weighted by Crippen LogP contribution is 2.26. The van der Waals surface area contributed by atoms with Gasteiger partial charge in [0.15, 0.2) is 0 Å². The molecule has 2 aromatic heterocycles. The summed E-state index contributed by atoms with van der Waals surface area (Å²) in [4.78, 5) is 30.2. The van der Waals surface area contributed by atoms with Gasteiger partial charge in [0, 0.05) is 31.5 Å². The molecule has 0 aliphatic heterocycles. The minimum Gasteiger partial charge on any atom is -0.274 e. The van der Waals surface area contributed by atoms with E-state index in [-0.39, 0.29) is 17.2 Å². The van der Waals surface area contributed by atoms with Crippen molar-refractivity contribution in [1.82, 2.24) is 9.97 Å². The van der Waals surface area contributed by atoms with Crippen LogP contribution in [0, 0.1) is 16.1 Å². The molecule has 0 saturated carbocycles. The largest absolute Gasteiger partial charge is 0.274 e. The zero-order chi connectivity index (χ0) is 14.7. The van der Waals surface area contributed by atoms with E-state index in [1.54, 1.807) is 0 Å². The Balaban J connectivity index is 2.52. The van der Waals surface area contributed by atoms with Crippen LogP contribution in [0.4, 0.5) is 21.6 Å². The lowest BCUT2D eigenvalue weighted by molar-refractivity contribution is -0.384. The summed E-state index contributed by atoms with van der Waals surface area (Å²) < 4.78 is 13.1. The number of aromatic nitrogens is 2. The van der Waals surface area contributed by atoms with Gasteiger partial charge in [0.2, 0.25) is 11.9 Å². The highest BCUT2D eigenvalue weighted by Gasteiger charge is 2.18. The summed E-state index contributed by atoms with van der Waals surface area (Å²) >= 11 is 0. The van der Waals surface area contributed by atoms with Gasteiger partial charge in [-0.1, -0.05) is 0 Å². The van der Waals surface area contributed by atoms with E-state index in [9.17, 15) is 19.3 Å². The first-order valence-corrected chi connectivity index (χ1v) is 5.52. The number of rotatable bonds is 3. The molecule has 0 spiro atoms. The molecule has 20 heavy (non-hydrogen) atoms. The second-order valence-electron chi connectivity index (χ2n) is 3.82. The average molecular weight is 276 g/mol. The second-order valence-corrected chi connectivity index (χ2v) is 3.82. The minimum atomic E-state index is -0.765. The number of amides is 1. The van der Waals surface area contributed by atoms with Gasteiger partial charge in [-0.15, -0.1) is 0 Å². The highest BCUT2D eigenvalue weighted by atomic mass is 19.1. The van der Waals surface area contributed by atoms with Crippen molar-refractivity contribution >= 4 is 23.1 Å². The molecule has 0 saturated heterocycles. The Hall–Kier alpha value is -2.90. The van der Waals surface area contributed by atoms with Gasteiger partial charge in [0.05, 0.1) is 16.7 Å². The van der Waals surface area contributed by atoms with Crippen LogP contribution in [0.25, 0.3) is 0 Å². The van der Waals surface area contributed by atoms with Gasteiger partial charge in [-0.3, -0.25) is 19.8 Å². The van der Waals surface area contributed by atoms with Gasteiger partial charge in [-0.05, 0) is 6.07 Å². The molecule has 0 fully saturated rings. The summed E-state index contributed by atoms with van der Waals surface area (Å²) in [5, 5.41) is 10.7. The molecule has 0 bridgehead atoms. The topological polar surface area (TPSA) is 89.2 Å². The molecule has 7 nitrogen and oxygen atoms in total. The fourth-order valence-corrected chi connectivity index (χ4v) is 1.65. The molecule has 0 N–H and O–H groups in total. The van der Waals surface area contributed by atoms with Crippen molar-refractivity contribution < 1.29 is 14.1 Å². The van der Waals surface area contributed by atoms with E-state index < -0.39 is 16.8 Å². The quantitative estimate of drug-likeness (QED) is 0.487. The molecule has 0 radical (unpaired) electrons. The number of halogens is 1. The second kappa shape index (κ2) is 5.39. The monoisotopic (exact) mass is 276 g/mol. The third-order valence-electron chi connectivity index (χ3n) is 2.45.